The van der Waals surface area contributed by atoms with Crippen LogP contribution in [-0.4, -0.2) is 21.9 Å². The lowest BCUT2D eigenvalue weighted by Crippen LogP contribution is -2.27. The van der Waals surface area contributed by atoms with E-state index in [1.54, 1.807) is 0 Å². The summed E-state index contributed by atoms with van der Waals surface area (Å²) in [5, 5.41) is 6.02. The summed E-state index contributed by atoms with van der Waals surface area (Å²) in [5.41, 5.74) is 1.51. The quantitative estimate of drug-likeness (QED) is 0.886. The molecule has 1 atom stereocenters. The summed E-state index contributed by atoms with van der Waals surface area (Å²) in [6.45, 7) is 5.96. The number of carbonyl (C=O) groups is 1. The zero-order valence-corrected chi connectivity index (χ0v) is 12.5. The summed E-state index contributed by atoms with van der Waals surface area (Å²) in [6.07, 6.45) is 3.06. The Morgan fingerprint density at radius 2 is 1.67 bits per heavy atom. The summed E-state index contributed by atoms with van der Waals surface area (Å²) < 4.78 is 0. The third-order valence-corrected chi connectivity index (χ3v) is 2.98. The van der Waals surface area contributed by atoms with Crippen LogP contribution in [0, 0.1) is 0 Å². The molecule has 2 rings (SSSR count). The van der Waals surface area contributed by atoms with Crippen LogP contribution in [0.25, 0.3) is 0 Å². The first kappa shape index (κ1) is 15.0. The number of amides is 1. The lowest BCUT2D eigenvalue weighted by atomic mass is 10.1. The predicted molar refractivity (Wildman–Crippen MR) is 83.1 cm³/mol. The van der Waals surface area contributed by atoms with Crippen molar-refractivity contribution in [3.8, 4) is 0 Å². The maximum absolute atomic E-state index is 12.2. The zero-order valence-electron chi connectivity index (χ0n) is 12.5. The molecular weight excluding hydrogens is 264 g/mol. The first-order valence-electron chi connectivity index (χ1n) is 7.00. The number of benzene rings is 1. The molecule has 0 radical (unpaired) electrons. The molecule has 0 saturated heterocycles. The summed E-state index contributed by atoms with van der Waals surface area (Å²) in [7, 11) is 0. The maximum Gasteiger partial charge on any atom is 0.254 e. The van der Waals surface area contributed by atoms with E-state index in [0.29, 0.717) is 11.5 Å². The van der Waals surface area contributed by atoms with Crippen LogP contribution in [0.1, 0.15) is 42.7 Å². The molecule has 2 aromatic rings. The van der Waals surface area contributed by atoms with Gasteiger partial charge < -0.3 is 10.6 Å². The Morgan fingerprint density at radius 3 is 2.24 bits per heavy atom. The second-order valence-electron chi connectivity index (χ2n) is 5.20. The average molecular weight is 284 g/mol. The second kappa shape index (κ2) is 6.83. The number of carbonyl (C=O) groups excluding carboxylic acids is 1. The van der Waals surface area contributed by atoms with E-state index in [0.717, 1.165) is 5.56 Å². The van der Waals surface area contributed by atoms with Gasteiger partial charge in [0, 0.05) is 18.4 Å². The third kappa shape index (κ3) is 4.27. The lowest BCUT2D eigenvalue weighted by molar-refractivity contribution is 0.0939. The van der Waals surface area contributed by atoms with Crippen molar-refractivity contribution in [3.63, 3.8) is 0 Å². The van der Waals surface area contributed by atoms with Crippen LogP contribution in [0.15, 0.2) is 42.7 Å². The van der Waals surface area contributed by atoms with E-state index in [1.807, 2.05) is 51.1 Å². The van der Waals surface area contributed by atoms with Gasteiger partial charge >= 0.3 is 0 Å². The molecule has 1 heterocycles. The molecule has 1 aromatic heterocycles. The average Bonchev–Trinajstić information content (AvgIpc) is 2.48. The van der Waals surface area contributed by atoms with Gasteiger partial charge in [-0.1, -0.05) is 30.3 Å². The molecule has 0 saturated carbocycles. The van der Waals surface area contributed by atoms with Crippen molar-refractivity contribution >= 4 is 11.9 Å². The van der Waals surface area contributed by atoms with Crippen LogP contribution >= 0.6 is 0 Å². The molecule has 0 spiro atoms. The smallest absolute Gasteiger partial charge is 0.254 e. The Labute approximate surface area is 124 Å². The molecule has 0 aliphatic heterocycles. The highest BCUT2D eigenvalue weighted by Crippen LogP contribution is 2.12. The van der Waals surface area contributed by atoms with Crippen molar-refractivity contribution < 1.29 is 4.79 Å². The Hall–Kier alpha value is -2.43. The Balaban J connectivity index is 2.00. The van der Waals surface area contributed by atoms with Gasteiger partial charge in [0.1, 0.15) is 0 Å². The summed E-state index contributed by atoms with van der Waals surface area (Å²) in [4.78, 5) is 20.4. The largest absolute Gasteiger partial charge is 0.352 e. The Bertz CT molecular complexity index is 581. The van der Waals surface area contributed by atoms with Crippen molar-refractivity contribution in [1.82, 2.24) is 15.3 Å². The minimum atomic E-state index is -0.178. The highest BCUT2D eigenvalue weighted by Gasteiger charge is 2.12. The van der Waals surface area contributed by atoms with E-state index in [-0.39, 0.29) is 18.0 Å². The minimum absolute atomic E-state index is 0.0628. The number of nitrogens with one attached hydrogen (secondary N) is 2. The van der Waals surface area contributed by atoms with Crippen molar-refractivity contribution in [3.05, 3.63) is 53.9 Å². The van der Waals surface area contributed by atoms with Crippen molar-refractivity contribution in [1.29, 1.82) is 0 Å². The van der Waals surface area contributed by atoms with E-state index >= 15 is 0 Å². The third-order valence-electron chi connectivity index (χ3n) is 2.98. The fraction of sp³-hybridized carbons (Fsp3) is 0.312. The van der Waals surface area contributed by atoms with Crippen LogP contribution in [0.2, 0.25) is 0 Å². The highest BCUT2D eigenvalue weighted by atomic mass is 16.1. The number of rotatable bonds is 5. The highest BCUT2D eigenvalue weighted by molar-refractivity contribution is 5.93. The number of aromatic nitrogens is 2. The van der Waals surface area contributed by atoms with Gasteiger partial charge in [0.25, 0.3) is 5.91 Å². The van der Waals surface area contributed by atoms with E-state index in [9.17, 15) is 4.79 Å². The van der Waals surface area contributed by atoms with Crippen molar-refractivity contribution in [2.24, 2.45) is 0 Å². The van der Waals surface area contributed by atoms with Crippen molar-refractivity contribution in [2.45, 2.75) is 32.9 Å². The number of hydrogen-bond acceptors (Lipinski definition) is 4. The molecule has 0 fully saturated rings. The number of nitrogens with zero attached hydrogens (tertiary/aromatic N) is 2. The molecule has 1 amide bonds. The molecule has 0 aliphatic carbocycles. The molecule has 0 aliphatic rings. The predicted octanol–water partition coefficient (Wildman–Crippen LogP) is 2.79. The topological polar surface area (TPSA) is 66.9 Å². The van der Waals surface area contributed by atoms with Crippen molar-refractivity contribution in [2.75, 3.05) is 5.32 Å². The van der Waals surface area contributed by atoms with Gasteiger partial charge in [-0.05, 0) is 26.3 Å². The van der Waals surface area contributed by atoms with Gasteiger partial charge in [0.2, 0.25) is 5.95 Å². The monoisotopic (exact) mass is 284 g/mol. The first-order valence-corrected chi connectivity index (χ1v) is 7.00. The van der Waals surface area contributed by atoms with Gasteiger partial charge in [-0.3, -0.25) is 4.79 Å². The fourth-order valence-electron chi connectivity index (χ4n) is 1.88. The Kier molecular flexibility index (Phi) is 4.87. The minimum Gasteiger partial charge on any atom is -0.352 e. The second-order valence-corrected chi connectivity index (χ2v) is 5.20. The lowest BCUT2D eigenvalue weighted by Gasteiger charge is -2.14. The van der Waals surface area contributed by atoms with E-state index in [4.69, 9.17) is 0 Å². The SMILES string of the molecule is CC(C)Nc1ncc(C(=O)NC(C)c2ccccc2)cn1. The molecule has 110 valence electrons. The van der Waals surface area contributed by atoms with Gasteiger partial charge in [-0.25, -0.2) is 9.97 Å². The van der Waals surface area contributed by atoms with Gasteiger partial charge in [-0.15, -0.1) is 0 Å². The molecule has 1 aromatic carbocycles. The molecule has 21 heavy (non-hydrogen) atoms. The van der Waals surface area contributed by atoms with Gasteiger partial charge in [-0.2, -0.15) is 0 Å². The molecule has 2 N–H and O–H groups in total. The van der Waals surface area contributed by atoms with E-state index in [2.05, 4.69) is 20.6 Å². The van der Waals surface area contributed by atoms with Crippen LogP contribution in [-0.2, 0) is 0 Å². The van der Waals surface area contributed by atoms with Crippen LogP contribution < -0.4 is 10.6 Å². The van der Waals surface area contributed by atoms with Crippen LogP contribution in [0.4, 0.5) is 5.95 Å². The fourth-order valence-corrected chi connectivity index (χ4v) is 1.88. The van der Waals surface area contributed by atoms with Gasteiger partial charge in [0.15, 0.2) is 0 Å². The number of anilines is 1. The Morgan fingerprint density at radius 1 is 1.05 bits per heavy atom. The van der Waals surface area contributed by atoms with Gasteiger partial charge in [0.05, 0.1) is 11.6 Å². The zero-order chi connectivity index (χ0) is 15.2. The molecule has 0 bridgehead atoms. The van der Waals surface area contributed by atoms with Crippen LogP contribution in [0.3, 0.4) is 0 Å². The molecule has 5 nitrogen and oxygen atoms in total. The first-order chi connectivity index (χ1) is 10.1. The summed E-state index contributed by atoms with van der Waals surface area (Å²) in [6, 6.07) is 10.0. The van der Waals surface area contributed by atoms with E-state index in [1.165, 1.54) is 12.4 Å². The van der Waals surface area contributed by atoms with E-state index < -0.39 is 0 Å². The molecule has 1 unspecified atom stereocenters. The van der Waals surface area contributed by atoms with Crippen LogP contribution in [0.5, 0.6) is 0 Å². The summed E-state index contributed by atoms with van der Waals surface area (Å²) >= 11 is 0. The normalized spacial score (nSPS) is 12.0. The summed E-state index contributed by atoms with van der Waals surface area (Å²) in [5.74, 6) is 0.347. The maximum atomic E-state index is 12.2. The number of hydrogen-bond donors (Lipinski definition) is 2. The molecular formula is C16H20N4O. The standard InChI is InChI=1S/C16H20N4O/c1-11(2)19-16-17-9-14(10-18-16)15(21)20-12(3)13-7-5-4-6-8-13/h4-12H,1-3H3,(H,20,21)(H,17,18,19). The molecule has 5 heteroatoms.